The first-order valence-electron chi connectivity index (χ1n) is 9.34. The average molecular weight is 356 g/mol. The SMILES string of the molecule is COC1(c2cccc(C#N)c2)[C@@H]2CCC[C@@H]1CN(C(=O)OC(C)(C)C)C2. The molecule has 2 atom stereocenters. The van der Waals surface area contributed by atoms with Gasteiger partial charge in [0.15, 0.2) is 0 Å². The molecule has 1 aromatic rings. The van der Waals surface area contributed by atoms with E-state index in [-0.39, 0.29) is 17.9 Å². The van der Waals surface area contributed by atoms with Crippen LogP contribution in [0.1, 0.15) is 51.2 Å². The van der Waals surface area contributed by atoms with Crippen LogP contribution in [0.3, 0.4) is 0 Å². The third-order valence-electron chi connectivity index (χ3n) is 5.63. The normalized spacial score (nSPS) is 28.3. The van der Waals surface area contributed by atoms with Crippen LogP contribution in [0.2, 0.25) is 0 Å². The third-order valence-corrected chi connectivity index (χ3v) is 5.63. The Morgan fingerprint density at radius 1 is 1.27 bits per heavy atom. The molecule has 0 unspecified atom stereocenters. The van der Waals surface area contributed by atoms with E-state index in [1.807, 2.05) is 43.9 Å². The molecule has 0 spiro atoms. The summed E-state index contributed by atoms with van der Waals surface area (Å²) in [6.45, 7) is 6.92. The molecule has 26 heavy (non-hydrogen) atoms. The van der Waals surface area contributed by atoms with Crippen LogP contribution in [-0.4, -0.2) is 36.8 Å². The maximum atomic E-state index is 12.6. The second-order valence-electron chi connectivity index (χ2n) is 8.40. The van der Waals surface area contributed by atoms with Crippen molar-refractivity contribution in [3.8, 4) is 6.07 Å². The lowest BCUT2D eigenvalue weighted by molar-refractivity contribution is -0.166. The molecule has 1 amide bonds. The Hall–Kier alpha value is -2.06. The highest BCUT2D eigenvalue weighted by Gasteiger charge is 2.54. The summed E-state index contributed by atoms with van der Waals surface area (Å²) in [5.41, 5.74) is 0.761. The maximum absolute atomic E-state index is 12.6. The second kappa shape index (κ2) is 6.92. The van der Waals surface area contributed by atoms with Crippen molar-refractivity contribution < 1.29 is 14.3 Å². The minimum Gasteiger partial charge on any atom is -0.444 e. The number of ether oxygens (including phenoxy) is 2. The summed E-state index contributed by atoms with van der Waals surface area (Å²) in [6, 6.07) is 9.96. The molecule has 1 heterocycles. The molecule has 0 aromatic heterocycles. The van der Waals surface area contributed by atoms with Gasteiger partial charge in [-0.05, 0) is 51.3 Å². The maximum Gasteiger partial charge on any atom is 0.410 e. The largest absolute Gasteiger partial charge is 0.444 e. The fourth-order valence-electron chi connectivity index (χ4n) is 4.66. The molecule has 140 valence electrons. The molecular formula is C21H28N2O3. The first-order valence-corrected chi connectivity index (χ1v) is 9.34. The van der Waals surface area contributed by atoms with Crippen molar-refractivity contribution in [3.05, 3.63) is 35.4 Å². The van der Waals surface area contributed by atoms with Crippen molar-refractivity contribution in [3.63, 3.8) is 0 Å². The molecule has 1 aliphatic carbocycles. The fraction of sp³-hybridized carbons (Fsp3) is 0.619. The molecule has 0 radical (unpaired) electrons. The van der Waals surface area contributed by atoms with E-state index >= 15 is 0 Å². The van der Waals surface area contributed by atoms with Gasteiger partial charge in [-0.25, -0.2) is 4.79 Å². The molecule has 2 fully saturated rings. The van der Waals surface area contributed by atoms with Crippen molar-refractivity contribution in [2.75, 3.05) is 20.2 Å². The van der Waals surface area contributed by atoms with Crippen LogP contribution in [0.25, 0.3) is 0 Å². The molecule has 2 bridgehead atoms. The minimum absolute atomic E-state index is 0.196. The van der Waals surface area contributed by atoms with Crippen LogP contribution >= 0.6 is 0 Å². The molecule has 1 aliphatic heterocycles. The van der Waals surface area contributed by atoms with Crippen molar-refractivity contribution in [2.24, 2.45) is 11.8 Å². The summed E-state index contributed by atoms with van der Waals surface area (Å²) in [5, 5.41) is 9.28. The highest BCUT2D eigenvalue weighted by atomic mass is 16.6. The number of carbonyl (C=O) groups is 1. The number of likely N-dealkylation sites (tertiary alicyclic amines) is 1. The number of benzene rings is 1. The Kier molecular flexibility index (Phi) is 4.98. The summed E-state index contributed by atoms with van der Waals surface area (Å²) >= 11 is 0. The van der Waals surface area contributed by atoms with Crippen LogP contribution in [0.5, 0.6) is 0 Å². The van der Waals surface area contributed by atoms with Crippen molar-refractivity contribution >= 4 is 6.09 Å². The monoisotopic (exact) mass is 356 g/mol. The van der Waals surface area contributed by atoms with E-state index in [2.05, 4.69) is 12.1 Å². The topological polar surface area (TPSA) is 62.6 Å². The zero-order valence-electron chi connectivity index (χ0n) is 16.1. The molecular weight excluding hydrogens is 328 g/mol. The predicted octanol–water partition coefficient (Wildman–Crippen LogP) is 4.07. The molecule has 1 saturated heterocycles. The lowest BCUT2D eigenvalue weighted by atomic mass is 9.62. The van der Waals surface area contributed by atoms with Gasteiger partial charge in [-0.1, -0.05) is 18.6 Å². The molecule has 1 saturated carbocycles. The van der Waals surface area contributed by atoms with Crippen molar-refractivity contribution in [2.45, 2.75) is 51.2 Å². The standard InChI is InChI=1S/C21H28N2O3/c1-20(2,3)26-19(24)23-13-17-9-6-10-18(14-23)21(17,25-4)16-8-5-7-15(11-16)12-22/h5,7-8,11,17-18H,6,9-10,13-14H2,1-4H3/t17-,18-/m1/s1. The van der Waals surface area contributed by atoms with Crippen LogP contribution in [0.4, 0.5) is 4.79 Å². The molecule has 0 N–H and O–H groups in total. The van der Waals surface area contributed by atoms with Crippen LogP contribution in [-0.2, 0) is 15.1 Å². The second-order valence-corrected chi connectivity index (χ2v) is 8.40. The average Bonchev–Trinajstić information content (AvgIpc) is 2.58. The number of nitriles is 1. The summed E-state index contributed by atoms with van der Waals surface area (Å²) in [6.07, 6.45) is 2.89. The number of hydrogen-bond donors (Lipinski definition) is 0. The zero-order chi connectivity index (χ0) is 18.9. The molecule has 1 aromatic carbocycles. The van der Waals surface area contributed by atoms with Crippen molar-refractivity contribution in [1.82, 2.24) is 4.90 Å². The molecule has 5 heteroatoms. The van der Waals surface area contributed by atoms with Gasteiger partial charge in [0.1, 0.15) is 11.2 Å². The van der Waals surface area contributed by atoms with Gasteiger partial charge in [0.05, 0.1) is 11.6 Å². The van der Waals surface area contributed by atoms with Gasteiger partial charge in [0.2, 0.25) is 0 Å². The number of methoxy groups -OCH3 is 1. The Morgan fingerprint density at radius 3 is 2.46 bits per heavy atom. The van der Waals surface area contributed by atoms with Crippen LogP contribution < -0.4 is 0 Å². The third kappa shape index (κ3) is 3.31. The number of fused-ring (bicyclic) bond motifs is 2. The summed E-state index contributed by atoms with van der Waals surface area (Å²) in [7, 11) is 1.76. The fourth-order valence-corrected chi connectivity index (χ4v) is 4.66. The van der Waals surface area contributed by atoms with Gasteiger partial charge in [-0.15, -0.1) is 0 Å². The van der Waals surface area contributed by atoms with Gasteiger partial charge >= 0.3 is 6.09 Å². The zero-order valence-corrected chi connectivity index (χ0v) is 16.1. The summed E-state index contributed by atoms with van der Waals surface area (Å²) < 4.78 is 11.8. The van der Waals surface area contributed by atoms with E-state index in [0.717, 1.165) is 24.8 Å². The summed E-state index contributed by atoms with van der Waals surface area (Å²) in [5.74, 6) is 0.392. The Labute approximate surface area is 155 Å². The number of rotatable bonds is 2. The Morgan fingerprint density at radius 2 is 1.92 bits per heavy atom. The van der Waals surface area contributed by atoms with Crippen molar-refractivity contribution in [1.29, 1.82) is 5.26 Å². The molecule has 5 nitrogen and oxygen atoms in total. The number of carbonyl (C=O) groups excluding carboxylic acids is 1. The molecule has 2 aliphatic rings. The first kappa shape index (κ1) is 18.7. The number of hydrogen-bond acceptors (Lipinski definition) is 4. The highest BCUT2D eigenvalue weighted by molar-refractivity contribution is 5.68. The van der Waals surface area contributed by atoms with Gasteiger partial charge in [0.25, 0.3) is 0 Å². The van der Waals surface area contributed by atoms with E-state index in [4.69, 9.17) is 9.47 Å². The van der Waals surface area contributed by atoms with E-state index in [9.17, 15) is 10.1 Å². The van der Waals surface area contributed by atoms with Gasteiger partial charge in [-0.3, -0.25) is 0 Å². The van der Waals surface area contributed by atoms with Gasteiger partial charge < -0.3 is 14.4 Å². The predicted molar refractivity (Wildman–Crippen MR) is 98.5 cm³/mol. The number of amides is 1. The lowest BCUT2D eigenvalue weighted by Crippen LogP contribution is -2.60. The smallest absolute Gasteiger partial charge is 0.410 e. The van der Waals surface area contributed by atoms with Gasteiger partial charge in [0, 0.05) is 32.0 Å². The summed E-state index contributed by atoms with van der Waals surface area (Å²) in [4.78, 5) is 14.4. The minimum atomic E-state index is -0.497. The number of nitrogens with zero attached hydrogens (tertiary/aromatic N) is 2. The number of piperidine rings is 1. The first-order chi connectivity index (χ1) is 12.3. The lowest BCUT2D eigenvalue weighted by Gasteiger charge is -2.55. The quantitative estimate of drug-likeness (QED) is 0.801. The van der Waals surface area contributed by atoms with E-state index in [1.54, 1.807) is 7.11 Å². The van der Waals surface area contributed by atoms with E-state index in [1.165, 1.54) is 0 Å². The Bertz CT molecular complexity index is 703. The van der Waals surface area contributed by atoms with Crippen LogP contribution in [0.15, 0.2) is 24.3 Å². The van der Waals surface area contributed by atoms with Crippen LogP contribution in [0, 0.1) is 23.2 Å². The van der Waals surface area contributed by atoms with E-state index in [0.29, 0.717) is 18.7 Å². The van der Waals surface area contributed by atoms with E-state index < -0.39 is 11.2 Å². The molecule has 3 rings (SSSR count). The van der Waals surface area contributed by atoms with Gasteiger partial charge in [-0.2, -0.15) is 5.26 Å². The Balaban J connectivity index is 1.92. The highest BCUT2D eigenvalue weighted by Crippen LogP contribution is 2.51.